The zero-order valence-corrected chi connectivity index (χ0v) is 54.0. The number of hydrogen-bond acceptors (Lipinski definition) is 23. The minimum absolute atomic E-state index is 0.00837. The molecule has 7 aromatic heterocycles. The Kier molecular flexibility index (Phi) is 19.3. The van der Waals surface area contributed by atoms with E-state index in [1.807, 2.05) is 68.6 Å². The van der Waals surface area contributed by atoms with Crippen LogP contribution in [-0.2, 0) is 25.5 Å². The van der Waals surface area contributed by atoms with Crippen molar-refractivity contribution in [1.82, 2.24) is 60.6 Å². The van der Waals surface area contributed by atoms with Gasteiger partial charge in [0.15, 0.2) is 5.78 Å². The van der Waals surface area contributed by atoms with E-state index in [0.717, 1.165) is 45.1 Å². The third kappa shape index (κ3) is 14.2. The summed E-state index contributed by atoms with van der Waals surface area (Å²) in [6, 6.07) is 17.1. The Bertz CT molecular complexity index is 4160. The number of aromatic nitrogens is 7. The van der Waals surface area contributed by atoms with E-state index in [1.54, 1.807) is 64.4 Å². The number of carbonyl (C=O) groups excluding carboxylic acids is 7. The molecule has 8 N–H and O–H groups in total. The number of rotatable bonds is 14. The largest absolute Gasteiger partial charge is 0.391 e. The first-order valence-corrected chi connectivity index (χ1v) is 33.6. The van der Waals surface area contributed by atoms with E-state index >= 15 is 9.59 Å². The maximum atomic E-state index is 15.4. The zero-order chi connectivity index (χ0) is 63.5. The molecule has 1 fully saturated rings. The number of benzene rings is 2. The van der Waals surface area contributed by atoms with Gasteiger partial charge < -0.3 is 47.1 Å². The molecule has 1 saturated heterocycles. The normalized spacial score (nSPS) is 19.3. The average molecular weight is 1330 g/mol. The number of thiazole rings is 6. The van der Waals surface area contributed by atoms with Gasteiger partial charge in [-0.3, -0.25) is 33.6 Å². The number of nitrogens with one attached hydrogen (secondary N) is 3. The average Bonchev–Trinajstić information content (AvgIpc) is 1.78. The molecule has 0 saturated carbocycles. The molecule has 2 aromatic carbocycles. The van der Waals surface area contributed by atoms with Crippen molar-refractivity contribution in [2.24, 2.45) is 17.4 Å². The van der Waals surface area contributed by atoms with Crippen LogP contribution in [0.15, 0.2) is 93.6 Å². The van der Waals surface area contributed by atoms with Crippen LogP contribution >= 0.6 is 68.0 Å². The highest BCUT2D eigenvalue weighted by atomic mass is 32.1. The molecule has 0 aliphatic carbocycles. The molecule has 11 rings (SSSR count). The van der Waals surface area contributed by atoms with E-state index in [4.69, 9.17) is 46.1 Å². The fourth-order valence-corrected chi connectivity index (χ4v) is 15.9. The van der Waals surface area contributed by atoms with Gasteiger partial charge in [0.2, 0.25) is 17.7 Å². The van der Waals surface area contributed by atoms with Gasteiger partial charge in [-0.1, -0.05) is 67.1 Å². The molecular formula is C61H60N14O9S6. The highest BCUT2D eigenvalue weighted by molar-refractivity contribution is 7.15. The van der Waals surface area contributed by atoms with Crippen molar-refractivity contribution in [3.8, 4) is 43.4 Å². The van der Waals surface area contributed by atoms with Gasteiger partial charge in [0.05, 0.1) is 41.4 Å². The van der Waals surface area contributed by atoms with Crippen molar-refractivity contribution >= 4 is 109 Å². The summed E-state index contributed by atoms with van der Waals surface area (Å²) < 4.78 is 6.52. The topological polar surface area (TPSA) is 334 Å². The molecule has 0 spiro atoms. The fourth-order valence-electron chi connectivity index (χ4n) is 10.5. The van der Waals surface area contributed by atoms with Crippen LogP contribution in [-0.4, -0.2) is 144 Å². The van der Waals surface area contributed by atoms with E-state index in [2.05, 4.69) is 20.9 Å². The van der Waals surface area contributed by atoms with Gasteiger partial charge in [-0.05, 0) is 51.2 Å². The number of Topliss-reactive ketones (excluding diaryl/α,β-unsaturated/α-hetero) is 1. The number of hydrogen-bond donors (Lipinski definition) is 6. The van der Waals surface area contributed by atoms with Crippen LogP contribution in [0.1, 0.15) is 122 Å². The number of aliphatic hydroxyl groups excluding tert-OH is 1. The van der Waals surface area contributed by atoms with Gasteiger partial charge in [0, 0.05) is 81.7 Å². The minimum atomic E-state index is -1.17. The Balaban J connectivity index is 1.02. The molecule has 9 heterocycles. The molecule has 9 aromatic rings. The molecule has 90 heavy (non-hydrogen) atoms. The predicted octanol–water partition coefficient (Wildman–Crippen LogP) is 7.58. The summed E-state index contributed by atoms with van der Waals surface area (Å²) >= 11 is 7.13. The van der Waals surface area contributed by atoms with Crippen molar-refractivity contribution in [3.63, 3.8) is 0 Å². The van der Waals surface area contributed by atoms with Gasteiger partial charge in [-0.2, -0.15) is 0 Å². The number of primary amides is 2. The summed E-state index contributed by atoms with van der Waals surface area (Å²) in [4.78, 5) is 136. The smallest absolute Gasteiger partial charge is 0.271 e. The Labute approximate surface area is 540 Å². The zero-order valence-electron chi connectivity index (χ0n) is 49.1. The first-order chi connectivity index (χ1) is 43.2. The highest BCUT2D eigenvalue weighted by Crippen LogP contribution is 2.44. The Morgan fingerprint density at radius 1 is 0.722 bits per heavy atom. The second-order valence-corrected chi connectivity index (χ2v) is 27.6. The molecular weight excluding hydrogens is 1270 g/mol. The minimum Gasteiger partial charge on any atom is -0.391 e. The molecule has 0 unspecified atom stereocenters. The maximum Gasteiger partial charge on any atom is 0.271 e. The summed E-state index contributed by atoms with van der Waals surface area (Å²) in [5.74, 6) is -5.58. The van der Waals surface area contributed by atoms with Crippen LogP contribution < -0.4 is 27.4 Å². The van der Waals surface area contributed by atoms with Crippen molar-refractivity contribution in [2.75, 3.05) is 40.3 Å². The van der Waals surface area contributed by atoms with Crippen molar-refractivity contribution in [2.45, 2.75) is 76.3 Å². The summed E-state index contributed by atoms with van der Waals surface area (Å²) in [6.07, 6.45) is -2.56. The van der Waals surface area contributed by atoms with Crippen LogP contribution in [0.2, 0.25) is 0 Å². The number of pyridine rings is 1. The maximum absolute atomic E-state index is 15.4. The lowest BCUT2D eigenvalue weighted by Crippen LogP contribution is -2.50. The lowest BCUT2D eigenvalue weighted by molar-refractivity contribution is -0.134. The first-order valence-electron chi connectivity index (χ1n) is 28.4. The number of amides is 6. The standard InChI is InChI=1S/C61H60N14O9S6/c1-29-11-13-32(14-12-29)19-38-61(83)75-22-45(77)30(2)50(75)60-72-43(28-89-60)58-68-39(24-87-58)49-34(15-16-36(65-49)57-69-40(25-88-57)52(63)80)55-70-41(26-85-55)53(81)66-37(21-46(62)78)59-73-48(31(3)90-59)44(76)20-35(56-71-42(27-86-56)54(82)67-38)51(33-9-7-6-8-10-33)84-23-47(79)64-17-18-74(4)5/h6-16,24-28,30,35,37-38,45,50-51,77H,17-23H2,1-5H3,(H2,62,78)(H2,63,80)(H,64,79)(H,66,81)(H,67,82)/t30-,35-,37-,38-,45-,50-,51+/m0/s1. The number of nitrogens with zero attached hydrogens (tertiary/aromatic N) is 9. The number of nitrogens with two attached hydrogens (primary N) is 2. The Hall–Kier alpha value is -8.26. The number of aryl methyl sites for hydroxylation is 2. The summed E-state index contributed by atoms with van der Waals surface area (Å²) in [5, 5.41) is 31.0. The van der Waals surface area contributed by atoms with E-state index in [-0.39, 0.29) is 53.6 Å². The van der Waals surface area contributed by atoms with E-state index < -0.39 is 90.0 Å². The third-order valence-corrected chi connectivity index (χ3v) is 20.8. The lowest BCUT2D eigenvalue weighted by atomic mass is 9.90. The third-order valence-electron chi connectivity index (χ3n) is 15.2. The number of likely N-dealkylation sites (N-methyl/N-ethyl adjacent to an activating group) is 1. The monoisotopic (exact) mass is 1320 g/mol. The molecule has 7 atom stereocenters. The van der Waals surface area contributed by atoms with E-state index in [0.29, 0.717) is 76.9 Å². The number of fused-ring (bicyclic) bond motifs is 16. The van der Waals surface area contributed by atoms with Gasteiger partial charge in [0.25, 0.3) is 17.7 Å². The van der Waals surface area contributed by atoms with Crippen molar-refractivity contribution in [1.29, 1.82) is 0 Å². The molecule has 6 amide bonds. The van der Waals surface area contributed by atoms with E-state index in [1.165, 1.54) is 39.4 Å². The van der Waals surface area contributed by atoms with Gasteiger partial charge in [-0.15, -0.1) is 68.0 Å². The summed E-state index contributed by atoms with van der Waals surface area (Å²) in [6.45, 7) is 5.96. The fraction of sp³-hybridized carbons (Fsp3) is 0.311. The van der Waals surface area contributed by atoms with Gasteiger partial charge in [0.1, 0.15) is 77.5 Å². The van der Waals surface area contributed by atoms with E-state index in [9.17, 15) is 29.1 Å². The summed E-state index contributed by atoms with van der Waals surface area (Å²) in [5.41, 5.74) is 16.0. The number of aliphatic hydroxyl groups is 1. The summed E-state index contributed by atoms with van der Waals surface area (Å²) in [7, 11) is 3.77. The molecule has 29 heteroatoms. The molecule has 10 bridgehead atoms. The second kappa shape index (κ2) is 27.5. The molecule has 2 aliphatic heterocycles. The molecule has 2 aliphatic rings. The molecule has 23 nitrogen and oxygen atoms in total. The van der Waals surface area contributed by atoms with Crippen molar-refractivity contribution < 1.29 is 43.4 Å². The second-order valence-electron chi connectivity index (χ2n) is 22.0. The number of ether oxygens (including phenoxy) is 1. The van der Waals surface area contributed by atoms with Gasteiger partial charge >= 0.3 is 0 Å². The predicted molar refractivity (Wildman–Crippen MR) is 344 cm³/mol. The lowest BCUT2D eigenvalue weighted by Gasteiger charge is -2.29. The number of carbonyl (C=O) groups is 7. The van der Waals surface area contributed by atoms with Crippen LogP contribution in [0.3, 0.4) is 0 Å². The highest BCUT2D eigenvalue weighted by Gasteiger charge is 2.46. The van der Waals surface area contributed by atoms with Crippen LogP contribution in [0.4, 0.5) is 0 Å². The first kappa shape index (κ1) is 63.3. The molecule has 464 valence electrons. The Morgan fingerprint density at radius 2 is 1.38 bits per heavy atom. The van der Waals surface area contributed by atoms with Crippen molar-refractivity contribution in [3.05, 3.63) is 153 Å². The number of ketones is 1. The Morgan fingerprint density at radius 3 is 2.11 bits per heavy atom. The SMILES string of the molecule is Cc1ccc(C[C@@H]2NC(=O)c3csc(n3)[C@H]([C@H](OCC(=O)NCCN(C)C)c3ccccc3)CC(=O)c3nc(sc3C)[C@H](CC(N)=O)NC(=O)c3csc(n3)-c3ccc(-c4nc(C(N)=O)cs4)nc3-c3csc(n3)-c3csc(n3)[C@@H]3[C@@H](C)[C@@H](O)CN3C2=O)cc1. The van der Waals surface area contributed by atoms with Gasteiger partial charge in [-0.25, -0.2) is 34.9 Å². The van der Waals surface area contributed by atoms with Crippen LogP contribution in [0.5, 0.6) is 0 Å². The molecule has 0 radical (unpaired) electrons. The quantitative estimate of drug-likeness (QED) is 0.0611. The van der Waals surface area contributed by atoms with Crippen LogP contribution in [0.25, 0.3) is 43.4 Å². The van der Waals surface area contributed by atoms with Crippen LogP contribution in [0, 0.1) is 19.8 Å².